The third-order valence-corrected chi connectivity index (χ3v) is 3.00. The molecule has 0 aliphatic rings. The lowest BCUT2D eigenvalue weighted by Crippen LogP contribution is -1.97. The maximum atomic E-state index is 11.1. The molecular formula is C6H7ClN6O2S. The number of hydrogen-bond acceptors (Lipinski definition) is 6. The number of tetrazole rings is 1. The number of rotatable bonds is 2. The maximum Gasteiger partial charge on any atom is 0.210 e. The Morgan fingerprint density at radius 1 is 1.25 bits per heavy atom. The average molecular weight is 263 g/mol. The summed E-state index contributed by atoms with van der Waals surface area (Å²) in [5.41, 5.74) is 0.174. The lowest BCUT2D eigenvalue weighted by atomic mass is 10.3. The van der Waals surface area contributed by atoms with Gasteiger partial charge in [0.15, 0.2) is 20.9 Å². The molecule has 2 aromatic rings. The van der Waals surface area contributed by atoms with Crippen LogP contribution in [0.4, 0.5) is 0 Å². The zero-order valence-electron chi connectivity index (χ0n) is 8.32. The second-order valence-corrected chi connectivity index (χ2v) is 4.27. The van der Waals surface area contributed by atoms with E-state index in [0.29, 0.717) is 0 Å². The average Bonchev–Trinajstić information content (AvgIpc) is 2.69. The van der Waals surface area contributed by atoms with E-state index in [1.807, 2.05) is 0 Å². The lowest BCUT2D eigenvalue weighted by molar-refractivity contribution is 0.596. The van der Waals surface area contributed by atoms with Crippen molar-refractivity contribution in [2.45, 2.75) is 5.03 Å². The third kappa shape index (κ3) is 1.67. The van der Waals surface area contributed by atoms with E-state index >= 15 is 0 Å². The Hall–Kier alpha value is -1.48. The van der Waals surface area contributed by atoms with Gasteiger partial charge in [0.2, 0.25) is 5.82 Å². The van der Waals surface area contributed by atoms with E-state index in [1.165, 1.54) is 16.5 Å². The second-order valence-electron chi connectivity index (χ2n) is 2.97. The molecule has 10 heteroatoms. The van der Waals surface area contributed by atoms with Crippen LogP contribution in [0, 0.1) is 0 Å². The predicted molar refractivity (Wildman–Crippen MR) is 54.6 cm³/mol. The van der Waals surface area contributed by atoms with Crippen molar-refractivity contribution in [3.05, 3.63) is 5.15 Å². The minimum atomic E-state index is -2.83. The van der Waals surface area contributed by atoms with Gasteiger partial charge in [-0.15, -0.1) is 10.2 Å². The number of aryl methyl sites for hydroxylation is 2. The van der Waals surface area contributed by atoms with Crippen molar-refractivity contribution in [1.29, 1.82) is 0 Å². The number of nitrogens with zero attached hydrogens (tertiary/aromatic N) is 6. The van der Waals surface area contributed by atoms with Crippen molar-refractivity contribution in [2.24, 2.45) is 14.1 Å². The highest BCUT2D eigenvalue weighted by Crippen LogP contribution is 2.28. The molecule has 0 unspecified atom stereocenters. The lowest BCUT2D eigenvalue weighted by Gasteiger charge is -1.93. The van der Waals surface area contributed by atoms with Gasteiger partial charge >= 0.3 is 0 Å². The molecule has 86 valence electrons. The smallest absolute Gasteiger partial charge is 0.210 e. The summed E-state index contributed by atoms with van der Waals surface area (Å²) in [6, 6.07) is 0. The van der Waals surface area contributed by atoms with E-state index in [1.54, 1.807) is 7.05 Å². The molecule has 8 nitrogen and oxygen atoms in total. The van der Waals surface area contributed by atoms with E-state index in [9.17, 15) is 8.42 Å². The zero-order valence-corrected chi connectivity index (χ0v) is 9.98. The minimum Gasteiger partial charge on any atom is -0.255 e. The van der Waals surface area contributed by atoms with Crippen molar-refractivity contribution < 1.29 is 8.42 Å². The Balaban J connectivity index is 2.73. The Bertz CT molecular complexity index is 607. The van der Waals surface area contributed by atoms with Crippen LogP contribution in [0.15, 0.2) is 5.03 Å². The predicted octanol–water partition coefficient (Wildman–Crippen LogP) is -0.766. The molecule has 0 spiro atoms. The summed E-state index contributed by atoms with van der Waals surface area (Å²) in [5, 5.41) is 15.0. The van der Waals surface area contributed by atoms with Crippen LogP contribution in [0.2, 0.25) is 5.15 Å². The molecule has 0 amide bonds. The van der Waals surface area contributed by atoms with Gasteiger partial charge in [0.25, 0.3) is 0 Å². The van der Waals surface area contributed by atoms with E-state index in [4.69, 9.17) is 11.6 Å². The van der Waals surface area contributed by atoms with E-state index in [0.717, 1.165) is 0 Å². The van der Waals surface area contributed by atoms with E-state index in [2.05, 4.69) is 20.5 Å². The molecule has 2 rings (SSSR count). The van der Waals surface area contributed by atoms with Crippen LogP contribution < -0.4 is 0 Å². The van der Waals surface area contributed by atoms with Gasteiger partial charge in [0.05, 0.1) is 12.6 Å². The summed E-state index contributed by atoms with van der Waals surface area (Å²) >= 11 is 5.82. The highest BCUT2D eigenvalue weighted by atomic mass is 35.5. The fraction of sp³-hybridized carbons (Fsp3) is 0.333. The van der Waals surface area contributed by atoms with Crippen molar-refractivity contribution in [1.82, 2.24) is 30.0 Å². The SMILES string of the molecule is Cn1nnc(-c2c(Cl)nn(C)c2[SH](=O)=O)n1. The van der Waals surface area contributed by atoms with Crippen molar-refractivity contribution in [3.8, 4) is 11.4 Å². The van der Waals surface area contributed by atoms with E-state index in [-0.39, 0.29) is 21.6 Å². The molecule has 0 aliphatic carbocycles. The molecule has 0 aliphatic heterocycles. The summed E-state index contributed by atoms with van der Waals surface area (Å²) in [6.07, 6.45) is 0. The zero-order chi connectivity index (χ0) is 11.9. The fourth-order valence-electron chi connectivity index (χ4n) is 1.27. The standard InChI is InChI=1S/C6H7ClN6O2S/c1-12-6(16(14)15)3(4(7)9-12)5-8-11-13(2)10-5/h16H,1-2H3. The van der Waals surface area contributed by atoms with Gasteiger partial charge < -0.3 is 0 Å². The number of hydrogen-bond donors (Lipinski definition) is 1. The Labute approximate surface area is 96.8 Å². The molecular weight excluding hydrogens is 256 g/mol. The van der Waals surface area contributed by atoms with Gasteiger partial charge in [-0.2, -0.15) is 9.90 Å². The summed E-state index contributed by atoms with van der Waals surface area (Å²) in [5.74, 6) is 0.134. The van der Waals surface area contributed by atoms with Crippen LogP contribution in [-0.2, 0) is 24.8 Å². The molecule has 0 saturated heterocycles. The first-order valence-corrected chi connectivity index (χ1v) is 5.67. The molecule has 0 saturated carbocycles. The van der Waals surface area contributed by atoms with Gasteiger partial charge in [-0.05, 0) is 5.21 Å². The van der Waals surface area contributed by atoms with Crippen LogP contribution in [0.1, 0.15) is 0 Å². The van der Waals surface area contributed by atoms with Gasteiger partial charge in [0.1, 0.15) is 0 Å². The van der Waals surface area contributed by atoms with Crippen molar-refractivity contribution >= 4 is 22.3 Å². The molecule has 0 aromatic carbocycles. The molecule has 0 fully saturated rings. The van der Waals surface area contributed by atoms with Crippen LogP contribution in [-0.4, -0.2) is 38.4 Å². The summed E-state index contributed by atoms with van der Waals surface area (Å²) in [6.45, 7) is 0. The summed E-state index contributed by atoms with van der Waals surface area (Å²) < 4.78 is 23.3. The summed E-state index contributed by atoms with van der Waals surface area (Å²) in [4.78, 5) is 1.21. The Morgan fingerprint density at radius 3 is 2.44 bits per heavy atom. The monoisotopic (exact) mass is 262 g/mol. The quantitative estimate of drug-likeness (QED) is 0.715. The first-order chi connectivity index (χ1) is 7.50. The van der Waals surface area contributed by atoms with Gasteiger partial charge in [-0.25, -0.2) is 8.42 Å². The molecule has 2 heterocycles. The van der Waals surface area contributed by atoms with Gasteiger partial charge in [0, 0.05) is 7.05 Å². The van der Waals surface area contributed by atoms with Crippen molar-refractivity contribution in [2.75, 3.05) is 0 Å². The second kappa shape index (κ2) is 3.83. The number of thiol groups is 1. The van der Waals surface area contributed by atoms with Crippen LogP contribution in [0.3, 0.4) is 0 Å². The Kier molecular flexibility index (Phi) is 2.64. The first kappa shape index (κ1) is 11.0. The van der Waals surface area contributed by atoms with Crippen LogP contribution in [0.5, 0.6) is 0 Å². The fourth-order valence-corrected chi connectivity index (χ4v) is 2.29. The molecule has 16 heavy (non-hydrogen) atoms. The molecule has 0 radical (unpaired) electrons. The third-order valence-electron chi connectivity index (χ3n) is 1.88. The highest BCUT2D eigenvalue weighted by Gasteiger charge is 2.22. The highest BCUT2D eigenvalue weighted by molar-refractivity contribution is 7.72. The topological polar surface area (TPSA) is 95.6 Å². The number of halogens is 1. The molecule has 0 atom stereocenters. The minimum absolute atomic E-state index is 0.0321. The number of aromatic nitrogens is 6. The van der Waals surface area contributed by atoms with Crippen LogP contribution >= 0.6 is 11.6 Å². The summed E-state index contributed by atoms with van der Waals surface area (Å²) in [7, 11) is 0.214. The Morgan fingerprint density at radius 2 is 1.94 bits per heavy atom. The van der Waals surface area contributed by atoms with Gasteiger partial charge in [-0.1, -0.05) is 11.6 Å². The van der Waals surface area contributed by atoms with Crippen LogP contribution in [0.25, 0.3) is 11.4 Å². The first-order valence-electron chi connectivity index (χ1n) is 4.12. The molecule has 2 aromatic heterocycles. The van der Waals surface area contributed by atoms with Crippen molar-refractivity contribution in [3.63, 3.8) is 0 Å². The molecule has 0 bridgehead atoms. The van der Waals surface area contributed by atoms with E-state index < -0.39 is 10.7 Å². The molecule has 0 N–H and O–H groups in total. The normalized spacial score (nSPS) is 11.2. The maximum absolute atomic E-state index is 11.1. The van der Waals surface area contributed by atoms with Gasteiger partial charge in [-0.3, -0.25) is 4.68 Å². The largest absolute Gasteiger partial charge is 0.255 e.